The number of carbonyl (C=O) groups excluding carboxylic acids is 2. The van der Waals surface area contributed by atoms with E-state index in [1.807, 2.05) is 6.07 Å². The van der Waals surface area contributed by atoms with Crippen molar-refractivity contribution in [2.45, 2.75) is 0 Å². The molecule has 0 radical (unpaired) electrons. The van der Waals surface area contributed by atoms with Crippen LogP contribution in [0, 0.1) is 0 Å². The Balaban J connectivity index is 1.80. The van der Waals surface area contributed by atoms with E-state index in [2.05, 4.69) is 15.0 Å². The highest BCUT2D eigenvalue weighted by Gasteiger charge is 2.28. The minimum absolute atomic E-state index is 0.0544. The number of halogens is 2. The Kier molecular flexibility index (Phi) is 6.02. The van der Waals surface area contributed by atoms with Crippen molar-refractivity contribution in [3.8, 4) is 11.3 Å². The van der Waals surface area contributed by atoms with Gasteiger partial charge in [0.1, 0.15) is 0 Å². The van der Waals surface area contributed by atoms with Crippen LogP contribution in [0.3, 0.4) is 0 Å². The zero-order chi connectivity index (χ0) is 21.8. The molecule has 0 aliphatic heterocycles. The number of nitrogens with zero attached hydrogens (tertiary/aromatic N) is 4. The third kappa shape index (κ3) is 4.60. The van der Waals surface area contributed by atoms with Crippen molar-refractivity contribution in [3.05, 3.63) is 106 Å². The summed E-state index contributed by atoms with van der Waals surface area (Å²) in [6.07, 6.45) is 4.77. The van der Waals surface area contributed by atoms with Crippen molar-refractivity contribution < 1.29 is 9.59 Å². The topological polar surface area (TPSA) is 76.1 Å². The second-order valence-electron chi connectivity index (χ2n) is 6.44. The molecule has 6 nitrogen and oxygen atoms in total. The standard InChI is InChI=1S/C23H14Cl2N4O2/c24-18-7-3-15(4-8-18)21(30)29(22(31)16-5-9-19(25)10-6-16)23-27-13-11-20(28-23)17-2-1-12-26-14-17/h1-14H. The molecule has 0 N–H and O–H groups in total. The van der Waals surface area contributed by atoms with E-state index in [1.54, 1.807) is 48.8 Å². The molecule has 2 amide bonds. The van der Waals surface area contributed by atoms with E-state index in [0.717, 1.165) is 10.5 Å². The van der Waals surface area contributed by atoms with Gasteiger partial charge in [0, 0.05) is 45.3 Å². The highest BCUT2D eigenvalue weighted by Crippen LogP contribution is 2.22. The molecule has 2 heterocycles. The molecule has 31 heavy (non-hydrogen) atoms. The minimum atomic E-state index is -0.583. The van der Waals surface area contributed by atoms with Gasteiger partial charge in [-0.15, -0.1) is 0 Å². The molecule has 152 valence electrons. The van der Waals surface area contributed by atoms with Gasteiger partial charge in [-0.25, -0.2) is 14.9 Å². The zero-order valence-electron chi connectivity index (χ0n) is 15.9. The summed E-state index contributed by atoms with van der Waals surface area (Å²) in [6, 6.07) is 17.7. The SMILES string of the molecule is O=C(c1ccc(Cl)cc1)N(C(=O)c1ccc(Cl)cc1)c1nccc(-c2cccnc2)n1. The van der Waals surface area contributed by atoms with Gasteiger partial charge in [0.2, 0.25) is 5.95 Å². The van der Waals surface area contributed by atoms with Crippen molar-refractivity contribution >= 4 is 41.0 Å². The molecule has 4 aromatic rings. The van der Waals surface area contributed by atoms with Crippen LogP contribution in [0.2, 0.25) is 10.0 Å². The van der Waals surface area contributed by atoms with E-state index >= 15 is 0 Å². The summed E-state index contributed by atoms with van der Waals surface area (Å²) in [5.74, 6) is -1.22. The Hall–Kier alpha value is -3.61. The minimum Gasteiger partial charge on any atom is -0.268 e. The largest absolute Gasteiger partial charge is 0.268 e. The number of hydrogen-bond acceptors (Lipinski definition) is 5. The van der Waals surface area contributed by atoms with Crippen LogP contribution < -0.4 is 4.90 Å². The smallest absolute Gasteiger partial charge is 0.267 e. The molecule has 0 unspecified atom stereocenters. The van der Waals surface area contributed by atoms with Gasteiger partial charge < -0.3 is 0 Å². The first-order chi connectivity index (χ1) is 15.0. The van der Waals surface area contributed by atoms with Crippen molar-refractivity contribution in [1.29, 1.82) is 0 Å². The third-order valence-electron chi connectivity index (χ3n) is 4.39. The predicted octanol–water partition coefficient (Wildman–Crippen LogP) is 5.33. The Morgan fingerprint density at radius 3 is 1.84 bits per heavy atom. The lowest BCUT2D eigenvalue weighted by Gasteiger charge is -2.19. The Morgan fingerprint density at radius 1 is 0.742 bits per heavy atom. The average molecular weight is 449 g/mol. The van der Waals surface area contributed by atoms with Crippen molar-refractivity contribution in [2.75, 3.05) is 4.90 Å². The summed E-state index contributed by atoms with van der Waals surface area (Å²) < 4.78 is 0. The van der Waals surface area contributed by atoms with E-state index in [1.165, 1.54) is 30.5 Å². The molecule has 0 spiro atoms. The summed E-state index contributed by atoms with van der Waals surface area (Å²) >= 11 is 11.9. The maximum absolute atomic E-state index is 13.3. The monoisotopic (exact) mass is 448 g/mol. The summed E-state index contributed by atoms with van der Waals surface area (Å²) in [6.45, 7) is 0. The van der Waals surface area contributed by atoms with Gasteiger partial charge in [-0.3, -0.25) is 14.6 Å². The molecule has 4 rings (SSSR count). The number of carbonyl (C=O) groups is 2. The van der Waals surface area contributed by atoms with Gasteiger partial charge in [0.15, 0.2) is 0 Å². The van der Waals surface area contributed by atoms with Crippen LogP contribution in [-0.2, 0) is 0 Å². The Bertz CT molecular complexity index is 1170. The van der Waals surface area contributed by atoms with E-state index in [9.17, 15) is 9.59 Å². The molecule has 0 saturated carbocycles. The third-order valence-corrected chi connectivity index (χ3v) is 4.89. The summed E-state index contributed by atoms with van der Waals surface area (Å²) in [5, 5.41) is 0.948. The summed E-state index contributed by atoms with van der Waals surface area (Å²) in [4.78, 5) is 40.3. The first kappa shape index (κ1) is 20.7. The molecule has 0 aliphatic rings. The molecular weight excluding hydrogens is 435 g/mol. The maximum Gasteiger partial charge on any atom is 0.267 e. The van der Waals surface area contributed by atoms with Crippen molar-refractivity contribution in [3.63, 3.8) is 0 Å². The van der Waals surface area contributed by atoms with Gasteiger partial charge in [0.25, 0.3) is 11.8 Å². The fraction of sp³-hybridized carbons (Fsp3) is 0. The lowest BCUT2D eigenvalue weighted by Crippen LogP contribution is -2.38. The van der Waals surface area contributed by atoms with Crippen LogP contribution in [-0.4, -0.2) is 26.8 Å². The van der Waals surface area contributed by atoms with Gasteiger partial charge in [-0.05, 0) is 66.7 Å². The molecule has 0 saturated heterocycles. The van der Waals surface area contributed by atoms with Crippen LogP contribution in [0.1, 0.15) is 20.7 Å². The predicted molar refractivity (Wildman–Crippen MR) is 119 cm³/mol. The van der Waals surface area contributed by atoms with Crippen LogP contribution >= 0.6 is 23.2 Å². The number of anilines is 1. The van der Waals surface area contributed by atoms with E-state index in [-0.39, 0.29) is 17.1 Å². The quantitative estimate of drug-likeness (QED) is 0.394. The van der Waals surface area contributed by atoms with E-state index < -0.39 is 11.8 Å². The molecule has 8 heteroatoms. The van der Waals surface area contributed by atoms with Crippen LogP contribution in [0.5, 0.6) is 0 Å². The number of pyridine rings is 1. The van der Waals surface area contributed by atoms with Gasteiger partial charge >= 0.3 is 0 Å². The second-order valence-corrected chi connectivity index (χ2v) is 7.32. The number of aromatic nitrogens is 3. The van der Waals surface area contributed by atoms with Crippen molar-refractivity contribution in [1.82, 2.24) is 15.0 Å². The molecular formula is C23H14Cl2N4O2. The van der Waals surface area contributed by atoms with Crippen LogP contribution in [0.4, 0.5) is 5.95 Å². The molecule has 0 atom stereocenters. The van der Waals surface area contributed by atoms with Crippen LogP contribution in [0.15, 0.2) is 85.3 Å². The van der Waals surface area contributed by atoms with Crippen molar-refractivity contribution in [2.24, 2.45) is 0 Å². The molecule has 2 aromatic carbocycles. The fourth-order valence-corrected chi connectivity index (χ4v) is 3.10. The molecule has 0 bridgehead atoms. The first-order valence-electron chi connectivity index (χ1n) is 9.16. The highest BCUT2D eigenvalue weighted by molar-refractivity contribution is 6.31. The summed E-state index contributed by atoms with van der Waals surface area (Å²) in [5.41, 5.74) is 1.78. The number of imide groups is 1. The van der Waals surface area contributed by atoms with Gasteiger partial charge in [-0.2, -0.15) is 0 Å². The first-order valence-corrected chi connectivity index (χ1v) is 9.92. The number of amides is 2. The molecule has 2 aromatic heterocycles. The maximum atomic E-state index is 13.3. The van der Waals surface area contributed by atoms with Crippen LogP contribution in [0.25, 0.3) is 11.3 Å². The molecule has 0 aliphatic carbocycles. The lowest BCUT2D eigenvalue weighted by atomic mass is 10.1. The number of benzene rings is 2. The molecule has 0 fully saturated rings. The average Bonchev–Trinajstić information content (AvgIpc) is 2.81. The van der Waals surface area contributed by atoms with E-state index in [0.29, 0.717) is 15.7 Å². The lowest BCUT2D eigenvalue weighted by molar-refractivity contribution is 0.0895. The van der Waals surface area contributed by atoms with Gasteiger partial charge in [0.05, 0.1) is 5.69 Å². The summed E-state index contributed by atoms with van der Waals surface area (Å²) in [7, 11) is 0. The van der Waals surface area contributed by atoms with E-state index in [4.69, 9.17) is 23.2 Å². The van der Waals surface area contributed by atoms with Gasteiger partial charge in [-0.1, -0.05) is 23.2 Å². The Morgan fingerprint density at radius 2 is 1.32 bits per heavy atom. The highest BCUT2D eigenvalue weighted by atomic mass is 35.5. The number of hydrogen-bond donors (Lipinski definition) is 0. The normalized spacial score (nSPS) is 10.5. The Labute approximate surface area is 188 Å². The fourth-order valence-electron chi connectivity index (χ4n) is 2.85. The second kappa shape index (κ2) is 9.04. The number of rotatable bonds is 4. The zero-order valence-corrected chi connectivity index (χ0v) is 17.5.